The smallest absolute Gasteiger partial charge is 0.418 e. The number of ether oxygens (including phenoxy) is 2. The van der Waals surface area contributed by atoms with Gasteiger partial charge in [0.2, 0.25) is 0 Å². The molecule has 6 nitrogen and oxygen atoms in total. The van der Waals surface area contributed by atoms with Gasteiger partial charge in [-0.1, -0.05) is 30.2 Å². The van der Waals surface area contributed by atoms with Gasteiger partial charge in [0.05, 0.1) is 24.6 Å². The zero-order valence-corrected chi connectivity index (χ0v) is 17.6. The van der Waals surface area contributed by atoms with Crippen molar-refractivity contribution < 1.29 is 28.6 Å². The molecule has 2 atom stereocenters. The Morgan fingerprint density at radius 2 is 1.77 bits per heavy atom. The average Bonchev–Trinajstić information content (AvgIpc) is 2.74. The van der Waals surface area contributed by atoms with Crippen LogP contribution in [0.15, 0.2) is 48.5 Å². The van der Waals surface area contributed by atoms with E-state index in [0.717, 1.165) is 31.2 Å². The highest BCUT2D eigenvalue weighted by Crippen LogP contribution is 2.31. The number of aliphatic carboxylic acids is 1. The van der Waals surface area contributed by atoms with E-state index in [1.54, 1.807) is 24.3 Å². The van der Waals surface area contributed by atoms with Crippen molar-refractivity contribution in [3.8, 4) is 0 Å². The largest absolute Gasteiger partial charge is 0.480 e. The summed E-state index contributed by atoms with van der Waals surface area (Å²) in [6, 6.07) is 13.2. The van der Waals surface area contributed by atoms with Gasteiger partial charge >= 0.3 is 12.1 Å². The minimum Gasteiger partial charge on any atom is -0.480 e. The van der Waals surface area contributed by atoms with E-state index in [4.69, 9.17) is 14.6 Å². The lowest BCUT2D eigenvalue weighted by Crippen LogP contribution is -2.30. The van der Waals surface area contributed by atoms with Crippen LogP contribution in [0.2, 0.25) is 0 Å². The maximum Gasteiger partial charge on any atom is 0.418 e. The van der Waals surface area contributed by atoms with Crippen molar-refractivity contribution in [1.82, 2.24) is 0 Å². The van der Waals surface area contributed by atoms with E-state index >= 15 is 0 Å². The molecule has 1 aliphatic carbocycles. The van der Waals surface area contributed by atoms with Crippen LogP contribution in [0.25, 0.3) is 0 Å². The van der Waals surface area contributed by atoms with Crippen molar-refractivity contribution in [3.05, 3.63) is 59.9 Å². The Balaban J connectivity index is 1.64. The van der Waals surface area contributed by atoms with Crippen LogP contribution in [0.3, 0.4) is 0 Å². The Kier molecular flexibility index (Phi) is 8.00. The van der Waals surface area contributed by atoms with Gasteiger partial charge in [-0.05, 0) is 68.4 Å². The van der Waals surface area contributed by atoms with Crippen LogP contribution in [0.4, 0.5) is 20.6 Å². The monoisotopic (exact) mass is 429 g/mol. The highest BCUT2D eigenvalue weighted by molar-refractivity contribution is 5.96. The van der Waals surface area contributed by atoms with Crippen LogP contribution < -0.4 is 4.90 Å². The first-order valence-corrected chi connectivity index (χ1v) is 10.5. The second-order valence-corrected chi connectivity index (χ2v) is 8.04. The molecule has 0 spiro atoms. The molecule has 0 aliphatic heterocycles. The molecule has 166 valence electrons. The van der Waals surface area contributed by atoms with E-state index < -0.39 is 17.9 Å². The molecule has 1 saturated carbocycles. The van der Waals surface area contributed by atoms with Gasteiger partial charge in [0.1, 0.15) is 12.4 Å². The van der Waals surface area contributed by atoms with Gasteiger partial charge in [0, 0.05) is 0 Å². The topological polar surface area (TPSA) is 76.1 Å². The molecule has 0 aromatic heterocycles. The van der Waals surface area contributed by atoms with Gasteiger partial charge < -0.3 is 14.6 Å². The summed E-state index contributed by atoms with van der Waals surface area (Å²) in [6.45, 7) is 2.31. The summed E-state index contributed by atoms with van der Waals surface area (Å²) >= 11 is 0. The van der Waals surface area contributed by atoms with E-state index in [1.165, 1.54) is 17.0 Å². The molecule has 0 saturated heterocycles. The summed E-state index contributed by atoms with van der Waals surface area (Å²) < 4.78 is 24.7. The molecule has 1 fully saturated rings. The lowest BCUT2D eigenvalue weighted by Gasteiger charge is -2.29. The highest BCUT2D eigenvalue weighted by Gasteiger charge is 2.26. The number of halogens is 1. The van der Waals surface area contributed by atoms with Crippen LogP contribution in [0, 0.1) is 24.6 Å². The molecule has 0 radical (unpaired) electrons. The molecule has 0 heterocycles. The zero-order valence-electron chi connectivity index (χ0n) is 17.6. The number of carboxylic acid groups (broad SMARTS) is 1. The summed E-state index contributed by atoms with van der Waals surface area (Å²) in [4.78, 5) is 25.0. The minimum atomic E-state index is -0.977. The van der Waals surface area contributed by atoms with Gasteiger partial charge in [0.15, 0.2) is 0 Å². The summed E-state index contributed by atoms with van der Waals surface area (Å²) in [5, 5.41) is 8.70. The van der Waals surface area contributed by atoms with Gasteiger partial charge in [-0.15, -0.1) is 0 Å². The molecule has 2 aromatic rings. The maximum absolute atomic E-state index is 13.8. The minimum absolute atomic E-state index is 0.184. The Bertz CT molecular complexity index is 886. The standard InChI is InChI=1S/C24H28FNO5/c1-17-8-10-21(11-9-17)26(22-7-3-6-20(25)13-22)24(29)31-15-19-5-2-4-18(12-19)14-30-16-23(27)28/h3,6-11,13,18-19H,2,4-5,12,14-16H2,1H3,(H,27,28). The Labute approximate surface area is 181 Å². The lowest BCUT2D eigenvalue weighted by molar-refractivity contribution is -0.142. The fraction of sp³-hybridized carbons (Fsp3) is 0.417. The molecule has 2 unspecified atom stereocenters. The van der Waals surface area contributed by atoms with E-state index in [0.29, 0.717) is 18.0 Å². The number of rotatable bonds is 8. The molecule has 0 bridgehead atoms. The number of aryl methyl sites for hydroxylation is 1. The number of benzene rings is 2. The van der Waals surface area contributed by atoms with Crippen molar-refractivity contribution in [2.75, 3.05) is 24.7 Å². The van der Waals surface area contributed by atoms with Crippen LogP contribution in [0.1, 0.15) is 31.2 Å². The van der Waals surface area contributed by atoms with E-state index in [2.05, 4.69) is 0 Å². The first-order valence-electron chi connectivity index (χ1n) is 10.5. The van der Waals surface area contributed by atoms with Gasteiger partial charge in [0.25, 0.3) is 0 Å². The van der Waals surface area contributed by atoms with Crippen LogP contribution >= 0.6 is 0 Å². The Hall–Kier alpha value is -2.93. The predicted octanol–water partition coefficient (Wildman–Crippen LogP) is 5.32. The second kappa shape index (κ2) is 10.9. The molecule has 7 heteroatoms. The van der Waals surface area contributed by atoms with Crippen molar-refractivity contribution in [1.29, 1.82) is 0 Å². The average molecular weight is 429 g/mol. The number of hydrogen-bond donors (Lipinski definition) is 1. The van der Waals surface area contributed by atoms with E-state index in [9.17, 15) is 14.0 Å². The van der Waals surface area contributed by atoms with E-state index in [1.807, 2.05) is 19.1 Å². The molecule has 1 aliphatic rings. The number of amides is 1. The molecule has 1 amide bonds. The maximum atomic E-state index is 13.8. The molecule has 3 rings (SSSR count). The number of carbonyl (C=O) groups is 2. The van der Waals surface area contributed by atoms with Crippen molar-refractivity contribution in [3.63, 3.8) is 0 Å². The van der Waals surface area contributed by atoms with E-state index in [-0.39, 0.29) is 25.0 Å². The van der Waals surface area contributed by atoms with Gasteiger partial charge in [-0.2, -0.15) is 0 Å². The summed E-state index contributed by atoms with van der Waals surface area (Å²) in [5.74, 6) is -0.967. The quantitative estimate of drug-likeness (QED) is 0.615. The number of nitrogens with zero attached hydrogens (tertiary/aromatic N) is 1. The van der Waals surface area contributed by atoms with Gasteiger partial charge in [-0.3, -0.25) is 0 Å². The summed E-state index contributed by atoms with van der Waals surface area (Å²) in [6.07, 6.45) is 3.15. The van der Waals surface area contributed by atoms with Crippen LogP contribution in [-0.2, 0) is 14.3 Å². The fourth-order valence-electron chi connectivity index (χ4n) is 3.94. The number of hydrogen-bond acceptors (Lipinski definition) is 4. The van der Waals surface area contributed by atoms with Crippen LogP contribution in [0.5, 0.6) is 0 Å². The SMILES string of the molecule is Cc1ccc(N(C(=O)OCC2CCCC(COCC(=O)O)C2)c2cccc(F)c2)cc1. The predicted molar refractivity (Wildman–Crippen MR) is 115 cm³/mol. The van der Waals surface area contributed by atoms with Crippen molar-refractivity contribution >= 4 is 23.4 Å². The second-order valence-electron chi connectivity index (χ2n) is 8.04. The molecular formula is C24H28FNO5. The third kappa shape index (κ3) is 6.79. The van der Waals surface area contributed by atoms with Crippen LogP contribution in [-0.4, -0.2) is 37.0 Å². The first-order chi connectivity index (χ1) is 14.9. The third-order valence-electron chi connectivity index (χ3n) is 5.45. The molecule has 1 N–H and O–H groups in total. The summed E-state index contributed by atoms with van der Waals surface area (Å²) in [7, 11) is 0. The number of carboxylic acids is 1. The highest BCUT2D eigenvalue weighted by atomic mass is 19.1. The summed E-state index contributed by atoms with van der Waals surface area (Å²) in [5.41, 5.74) is 2.05. The normalized spacial score (nSPS) is 18.4. The third-order valence-corrected chi connectivity index (χ3v) is 5.45. The zero-order chi connectivity index (χ0) is 22.2. The first kappa shape index (κ1) is 22.7. The lowest BCUT2D eigenvalue weighted by atomic mass is 9.82. The number of carbonyl (C=O) groups excluding carboxylic acids is 1. The van der Waals surface area contributed by atoms with Crippen molar-refractivity contribution in [2.24, 2.45) is 11.8 Å². The molecular weight excluding hydrogens is 401 g/mol. The van der Waals surface area contributed by atoms with Crippen molar-refractivity contribution in [2.45, 2.75) is 32.6 Å². The molecule has 2 aromatic carbocycles. The Morgan fingerprint density at radius 3 is 2.45 bits per heavy atom. The fourth-order valence-corrected chi connectivity index (χ4v) is 3.94. The van der Waals surface area contributed by atoms with Gasteiger partial charge in [-0.25, -0.2) is 18.9 Å². The molecule has 31 heavy (non-hydrogen) atoms. The Morgan fingerprint density at radius 1 is 1.06 bits per heavy atom. The number of anilines is 2.